The Morgan fingerprint density at radius 3 is 2.53 bits per heavy atom. The minimum atomic E-state index is -0.484. The minimum absolute atomic E-state index is 0.0881. The van der Waals surface area contributed by atoms with E-state index >= 15 is 0 Å². The molecule has 5 heteroatoms. The Hall–Kier alpha value is -3.99. The van der Waals surface area contributed by atoms with E-state index in [0.717, 1.165) is 22.4 Å². The summed E-state index contributed by atoms with van der Waals surface area (Å²) in [5, 5.41) is 3.27. The lowest BCUT2D eigenvalue weighted by Crippen LogP contribution is -2.15. The average molecular weight is 458 g/mol. The highest BCUT2D eigenvalue weighted by Crippen LogP contribution is 2.30. The van der Waals surface area contributed by atoms with E-state index in [2.05, 4.69) is 23.5 Å². The van der Waals surface area contributed by atoms with Crippen molar-refractivity contribution in [2.75, 3.05) is 5.73 Å². The van der Waals surface area contributed by atoms with Crippen LogP contribution in [0.2, 0.25) is 0 Å². The molecule has 0 amide bonds. The summed E-state index contributed by atoms with van der Waals surface area (Å²) < 4.78 is 29.1. The number of benzene rings is 2. The molecule has 174 valence electrons. The van der Waals surface area contributed by atoms with Gasteiger partial charge in [0.2, 0.25) is 0 Å². The van der Waals surface area contributed by atoms with Crippen LogP contribution in [0.15, 0.2) is 97.1 Å². The normalized spacial score (nSPS) is 12.2. The monoisotopic (exact) mass is 457 g/mol. The van der Waals surface area contributed by atoms with Crippen LogP contribution in [0.25, 0.3) is 16.7 Å². The van der Waals surface area contributed by atoms with Gasteiger partial charge in [-0.2, -0.15) is 0 Å². The Morgan fingerprint density at radius 1 is 1.12 bits per heavy atom. The first kappa shape index (κ1) is 24.6. The van der Waals surface area contributed by atoms with Crippen molar-refractivity contribution in [3.05, 3.63) is 125 Å². The molecule has 1 heterocycles. The molecule has 3 aromatic rings. The highest BCUT2D eigenvalue weighted by atomic mass is 19.1. The lowest BCUT2D eigenvalue weighted by Gasteiger charge is -2.17. The summed E-state index contributed by atoms with van der Waals surface area (Å²) in [7, 11) is 0. The third-order valence-corrected chi connectivity index (χ3v) is 5.75. The van der Waals surface area contributed by atoms with Gasteiger partial charge in [-0.1, -0.05) is 43.5 Å². The van der Waals surface area contributed by atoms with Crippen molar-refractivity contribution in [3.63, 3.8) is 0 Å². The molecule has 3 nitrogen and oxygen atoms in total. The van der Waals surface area contributed by atoms with Gasteiger partial charge in [0.05, 0.1) is 5.69 Å². The molecule has 3 rings (SSSR count). The van der Waals surface area contributed by atoms with Crippen molar-refractivity contribution in [2.24, 2.45) is 0 Å². The molecule has 0 radical (unpaired) electrons. The van der Waals surface area contributed by atoms with Crippen LogP contribution in [-0.4, -0.2) is 4.98 Å². The highest BCUT2D eigenvalue weighted by molar-refractivity contribution is 5.80. The molecule has 0 aliphatic carbocycles. The fourth-order valence-electron chi connectivity index (χ4n) is 3.79. The van der Waals surface area contributed by atoms with Crippen LogP contribution < -0.4 is 11.1 Å². The maximum atomic E-state index is 14.7. The molecule has 0 saturated heterocycles. The zero-order chi connectivity index (χ0) is 24.8. The molecule has 1 aromatic heterocycles. The molecular weight excluding hydrogens is 428 g/mol. The molecule has 0 unspecified atom stereocenters. The predicted octanol–water partition coefficient (Wildman–Crippen LogP) is 7.13. The first-order valence-electron chi connectivity index (χ1n) is 10.9. The number of nitrogens with one attached hydrogen (secondary N) is 1. The molecule has 2 aromatic carbocycles. The number of aromatic nitrogens is 1. The first-order valence-corrected chi connectivity index (χ1v) is 10.9. The molecule has 0 saturated carbocycles. The molecule has 0 bridgehead atoms. The van der Waals surface area contributed by atoms with Crippen LogP contribution in [0, 0.1) is 18.6 Å². The van der Waals surface area contributed by atoms with Crippen molar-refractivity contribution >= 4 is 11.3 Å². The molecule has 3 N–H and O–H groups in total. The number of hydrogen-bond acceptors (Lipinski definition) is 3. The van der Waals surface area contributed by atoms with E-state index in [0.29, 0.717) is 34.4 Å². The van der Waals surface area contributed by atoms with Gasteiger partial charge in [0.25, 0.3) is 0 Å². The van der Waals surface area contributed by atoms with E-state index < -0.39 is 5.82 Å². The Kier molecular flexibility index (Phi) is 7.79. The van der Waals surface area contributed by atoms with Crippen LogP contribution >= 0.6 is 0 Å². The Morgan fingerprint density at radius 2 is 1.85 bits per heavy atom. The van der Waals surface area contributed by atoms with Gasteiger partial charge >= 0.3 is 0 Å². The van der Waals surface area contributed by atoms with E-state index in [1.54, 1.807) is 42.7 Å². The maximum Gasteiger partial charge on any atom is 0.146 e. The van der Waals surface area contributed by atoms with Gasteiger partial charge < -0.3 is 11.1 Å². The number of pyridine rings is 1. The van der Waals surface area contributed by atoms with E-state index in [1.165, 1.54) is 12.1 Å². The second-order valence-electron chi connectivity index (χ2n) is 8.17. The average Bonchev–Trinajstić information content (AvgIpc) is 2.80. The standard InChI is InChI=1S/C29H29F2N3/c1-6-9-24(25-10-7-8-11-27(25)30)20(4)21(5)34-19(3)14-23-15-22(16-28(31)29(23)32)26-17-33-13-12-18(26)2/h6-13,15-17,34H,1,3,14,32H2,2,4-5H3/b21-20+,24-9+. The SMILES string of the molecule is C=C/C=C(\C(C)=C(/C)NC(=C)Cc1cc(-c2cnccc2C)cc(F)c1N)c1ccccc1F. The number of nitrogens with zero attached hydrogens (tertiary/aromatic N) is 1. The van der Waals surface area contributed by atoms with Crippen molar-refractivity contribution in [1.29, 1.82) is 0 Å². The van der Waals surface area contributed by atoms with Crippen LogP contribution in [0.4, 0.5) is 14.5 Å². The van der Waals surface area contributed by atoms with Crippen LogP contribution in [0.1, 0.15) is 30.5 Å². The second-order valence-corrected chi connectivity index (χ2v) is 8.17. The van der Waals surface area contributed by atoms with Gasteiger partial charge in [0.15, 0.2) is 0 Å². The number of allylic oxidation sites excluding steroid dienone is 6. The van der Waals surface area contributed by atoms with Crippen LogP contribution in [0.5, 0.6) is 0 Å². The van der Waals surface area contributed by atoms with Crippen molar-refractivity contribution in [1.82, 2.24) is 10.3 Å². The highest BCUT2D eigenvalue weighted by Gasteiger charge is 2.14. The summed E-state index contributed by atoms with van der Waals surface area (Å²) in [6, 6.07) is 11.8. The smallest absolute Gasteiger partial charge is 0.146 e. The summed E-state index contributed by atoms with van der Waals surface area (Å²) in [5.74, 6) is -0.796. The van der Waals surface area contributed by atoms with Crippen LogP contribution in [-0.2, 0) is 6.42 Å². The number of nitrogen functional groups attached to an aromatic ring is 1. The lowest BCUT2D eigenvalue weighted by molar-refractivity contribution is 0.624. The van der Waals surface area contributed by atoms with E-state index in [9.17, 15) is 8.78 Å². The summed E-state index contributed by atoms with van der Waals surface area (Å²) in [6.07, 6.45) is 7.13. The zero-order valence-electron chi connectivity index (χ0n) is 19.8. The van der Waals surface area contributed by atoms with Gasteiger partial charge in [-0.05, 0) is 72.9 Å². The van der Waals surface area contributed by atoms with Crippen molar-refractivity contribution in [2.45, 2.75) is 27.2 Å². The second kappa shape index (κ2) is 10.8. The molecule has 34 heavy (non-hydrogen) atoms. The molecule has 0 atom stereocenters. The summed E-state index contributed by atoms with van der Waals surface area (Å²) in [5.41, 5.74) is 12.8. The number of anilines is 1. The number of halogens is 2. The van der Waals surface area contributed by atoms with E-state index in [1.807, 2.05) is 32.9 Å². The molecule has 0 spiro atoms. The molecule has 0 fully saturated rings. The molecule has 0 aliphatic rings. The fraction of sp³-hybridized carbons (Fsp3) is 0.138. The largest absolute Gasteiger partial charge is 0.396 e. The predicted molar refractivity (Wildman–Crippen MR) is 138 cm³/mol. The molecular formula is C29H29F2N3. The minimum Gasteiger partial charge on any atom is -0.396 e. The van der Waals surface area contributed by atoms with Gasteiger partial charge in [0.1, 0.15) is 11.6 Å². The number of rotatable bonds is 8. The number of nitrogens with two attached hydrogens (primary N) is 1. The third-order valence-electron chi connectivity index (χ3n) is 5.75. The zero-order valence-corrected chi connectivity index (χ0v) is 19.8. The summed E-state index contributed by atoms with van der Waals surface area (Å²) in [4.78, 5) is 4.16. The van der Waals surface area contributed by atoms with E-state index in [4.69, 9.17) is 5.73 Å². The Labute approximate surface area is 200 Å². The van der Waals surface area contributed by atoms with Crippen LogP contribution in [0.3, 0.4) is 0 Å². The van der Waals surface area contributed by atoms with Gasteiger partial charge in [0, 0.05) is 41.3 Å². The maximum absolute atomic E-state index is 14.7. The topological polar surface area (TPSA) is 50.9 Å². The summed E-state index contributed by atoms with van der Waals surface area (Å²) in [6.45, 7) is 13.6. The Balaban J connectivity index is 1.88. The van der Waals surface area contributed by atoms with Crippen molar-refractivity contribution in [3.8, 4) is 11.1 Å². The first-order chi connectivity index (χ1) is 16.2. The van der Waals surface area contributed by atoms with Crippen molar-refractivity contribution < 1.29 is 8.78 Å². The Bertz CT molecular complexity index is 1300. The lowest BCUT2D eigenvalue weighted by atomic mass is 9.96. The molecule has 0 aliphatic heterocycles. The van der Waals surface area contributed by atoms with Gasteiger partial charge in [-0.15, -0.1) is 0 Å². The van der Waals surface area contributed by atoms with Gasteiger partial charge in [-0.25, -0.2) is 8.78 Å². The van der Waals surface area contributed by atoms with E-state index in [-0.39, 0.29) is 11.5 Å². The number of aryl methyl sites for hydroxylation is 1. The number of hydrogen-bond donors (Lipinski definition) is 2. The quantitative estimate of drug-likeness (QED) is 0.279. The third kappa shape index (κ3) is 5.49. The summed E-state index contributed by atoms with van der Waals surface area (Å²) >= 11 is 0. The van der Waals surface area contributed by atoms with Gasteiger partial charge in [-0.3, -0.25) is 4.98 Å². The fourth-order valence-corrected chi connectivity index (χ4v) is 3.79.